The fraction of sp³-hybridized carbons (Fsp3) is 0.667. The largest absolute Gasteiger partial charge is 0.380 e. The lowest BCUT2D eigenvalue weighted by Crippen LogP contribution is -2.43. The number of piperidine rings is 1. The molecule has 0 spiro atoms. The normalized spacial score (nSPS) is 24.4. The van der Waals surface area contributed by atoms with E-state index in [1.54, 1.807) is 7.11 Å². The maximum absolute atomic E-state index is 11.3. The van der Waals surface area contributed by atoms with Gasteiger partial charge in [0.15, 0.2) is 5.01 Å². The van der Waals surface area contributed by atoms with Gasteiger partial charge in [0.25, 0.3) is 5.91 Å². The van der Waals surface area contributed by atoms with Crippen LogP contribution in [0.1, 0.15) is 28.8 Å². The van der Waals surface area contributed by atoms with Crippen molar-refractivity contribution in [2.75, 3.05) is 20.2 Å². The van der Waals surface area contributed by atoms with Crippen molar-refractivity contribution < 1.29 is 9.53 Å². The van der Waals surface area contributed by atoms with E-state index in [0.29, 0.717) is 10.9 Å². The number of nitrogen functional groups attached to an aromatic ring is 1. The summed E-state index contributed by atoms with van der Waals surface area (Å²) in [7, 11) is 1.76. The molecule has 7 heteroatoms. The van der Waals surface area contributed by atoms with Crippen molar-refractivity contribution >= 4 is 17.2 Å². The highest BCUT2D eigenvalue weighted by Gasteiger charge is 2.26. The summed E-state index contributed by atoms with van der Waals surface area (Å²) in [5.41, 5.74) is 3.01. The van der Waals surface area contributed by atoms with Gasteiger partial charge < -0.3 is 4.74 Å². The summed E-state index contributed by atoms with van der Waals surface area (Å²) >= 11 is 1.32. The van der Waals surface area contributed by atoms with Crippen LogP contribution in [0.15, 0.2) is 5.38 Å². The Labute approximate surface area is 116 Å². The fourth-order valence-electron chi connectivity index (χ4n) is 2.32. The Bertz CT molecular complexity index is 437. The van der Waals surface area contributed by atoms with Crippen LogP contribution in [-0.2, 0) is 11.3 Å². The van der Waals surface area contributed by atoms with E-state index in [1.165, 1.54) is 11.3 Å². The quantitative estimate of drug-likeness (QED) is 0.481. The minimum atomic E-state index is -0.335. The minimum absolute atomic E-state index is 0.277. The number of amides is 1. The maximum Gasteiger partial charge on any atom is 0.294 e. The third-order valence-electron chi connectivity index (χ3n) is 3.54. The highest BCUT2D eigenvalue weighted by Crippen LogP contribution is 2.21. The van der Waals surface area contributed by atoms with Gasteiger partial charge in [-0.2, -0.15) is 0 Å². The smallest absolute Gasteiger partial charge is 0.294 e. The lowest BCUT2D eigenvalue weighted by molar-refractivity contribution is -0.00775. The molecule has 2 heterocycles. The topological polar surface area (TPSA) is 80.5 Å². The number of likely N-dealkylation sites (tertiary alicyclic amines) is 1. The van der Waals surface area contributed by atoms with Crippen molar-refractivity contribution in [1.82, 2.24) is 15.3 Å². The highest BCUT2D eigenvalue weighted by atomic mass is 32.1. The average molecular weight is 284 g/mol. The molecular weight excluding hydrogens is 264 g/mol. The summed E-state index contributed by atoms with van der Waals surface area (Å²) in [6, 6.07) is 0. The summed E-state index contributed by atoms with van der Waals surface area (Å²) in [4.78, 5) is 17.9. The molecule has 1 amide bonds. The van der Waals surface area contributed by atoms with Crippen LogP contribution in [0.3, 0.4) is 0 Å². The molecule has 19 heavy (non-hydrogen) atoms. The van der Waals surface area contributed by atoms with Crippen molar-refractivity contribution in [2.45, 2.75) is 26.0 Å². The van der Waals surface area contributed by atoms with Gasteiger partial charge in [-0.15, -0.1) is 11.3 Å². The van der Waals surface area contributed by atoms with Gasteiger partial charge in [0, 0.05) is 25.6 Å². The van der Waals surface area contributed by atoms with E-state index in [9.17, 15) is 4.79 Å². The molecule has 2 atom stereocenters. The van der Waals surface area contributed by atoms with Gasteiger partial charge in [-0.25, -0.2) is 10.8 Å². The lowest BCUT2D eigenvalue weighted by atomic mass is 9.96. The van der Waals surface area contributed by atoms with Crippen molar-refractivity contribution in [2.24, 2.45) is 11.8 Å². The number of hydrazine groups is 1. The monoisotopic (exact) mass is 284 g/mol. The number of aromatic nitrogens is 1. The van der Waals surface area contributed by atoms with E-state index < -0.39 is 0 Å². The zero-order valence-corrected chi connectivity index (χ0v) is 12.1. The van der Waals surface area contributed by atoms with Gasteiger partial charge in [0.2, 0.25) is 0 Å². The van der Waals surface area contributed by atoms with Crippen LogP contribution >= 0.6 is 11.3 Å². The Balaban J connectivity index is 1.94. The Morgan fingerprint density at radius 2 is 2.53 bits per heavy atom. The Morgan fingerprint density at radius 3 is 3.21 bits per heavy atom. The second-order valence-corrected chi connectivity index (χ2v) is 5.75. The molecule has 0 bridgehead atoms. The van der Waals surface area contributed by atoms with Gasteiger partial charge in [0.05, 0.1) is 11.8 Å². The number of methoxy groups -OCH3 is 1. The van der Waals surface area contributed by atoms with Crippen LogP contribution in [-0.4, -0.2) is 42.1 Å². The molecule has 0 saturated carbocycles. The van der Waals surface area contributed by atoms with Crippen molar-refractivity contribution in [3.63, 3.8) is 0 Å². The minimum Gasteiger partial charge on any atom is -0.380 e. The number of ether oxygens (including phenoxy) is 1. The molecular formula is C12H20N4O2S. The molecule has 6 nitrogen and oxygen atoms in total. The van der Waals surface area contributed by atoms with Gasteiger partial charge in [-0.3, -0.25) is 15.1 Å². The van der Waals surface area contributed by atoms with Crippen LogP contribution in [0.2, 0.25) is 0 Å². The number of nitrogens with two attached hydrogens (primary N) is 1. The summed E-state index contributed by atoms with van der Waals surface area (Å²) in [6.07, 6.45) is 1.40. The number of nitrogens with zero attached hydrogens (tertiary/aromatic N) is 2. The molecule has 0 aliphatic carbocycles. The Kier molecular flexibility index (Phi) is 4.87. The van der Waals surface area contributed by atoms with E-state index in [-0.39, 0.29) is 12.0 Å². The van der Waals surface area contributed by atoms with Crippen LogP contribution < -0.4 is 11.3 Å². The lowest BCUT2D eigenvalue weighted by Gasteiger charge is -2.35. The SMILES string of the molecule is COC1CN(Cc2csc(C(=O)NN)n2)CCC1C. The van der Waals surface area contributed by atoms with E-state index in [0.717, 1.165) is 31.7 Å². The molecule has 0 radical (unpaired) electrons. The van der Waals surface area contributed by atoms with Crippen molar-refractivity contribution in [3.8, 4) is 0 Å². The first-order chi connectivity index (χ1) is 9.13. The summed E-state index contributed by atoms with van der Waals surface area (Å²) in [5.74, 6) is 5.35. The van der Waals surface area contributed by atoms with Gasteiger partial charge >= 0.3 is 0 Å². The number of rotatable bonds is 4. The van der Waals surface area contributed by atoms with Crippen molar-refractivity contribution in [1.29, 1.82) is 0 Å². The number of hydrogen-bond donors (Lipinski definition) is 2. The van der Waals surface area contributed by atoms with E-state index in [2.05, 4.69) is 22.2 Å². The molecule has 1 aromatic rings. The van der Waals surface area contributed by atoms with E-state index in [4.69, 9.17) is 10.6 Å². The highest BCUT2D eigenvalue weighted by molar-refractivity contribution is 7.11. The number of hydrogen-bond acceptors (Lipinski definition) is 6. The molecule has 1 aromatic heterocycles. The molecule has 2 unspecified atom stereocenters. The number of carbonyl (C=O) groups is 1. The fourth-order valence-corrected chi connectivity index (χ4v) is 3.03. The molecule has 3 N–H and O–H groups in total. The van der Waals surface area contributed by atoms with Crippen LogP contribution in [0, 0.1) is 5.92 Å². The molecule has 2 rings (SSSR count). The summed E-state index contributed by atoms with van der Waals surface area (Å²) in [5, 5.41) is 2.32. The zero-order chi connectivity index (χ0) is 13.8. The second-order valence-electron chi connectivity index (χ2n) is 4.89. The van der Waals surface area contributed by atoms with Gasteiger partial charge in [-0.1, -0.05) is 6.92 Å². The molecule has 0 aromatic carbocycles. The molecule has 1 aliphatic rings. The van der Waals surface area contributed by atoms with Crippen LogP contribution in [0.5, 0.6) is 0 Å². The maximum atomic E-state index is 11.3. The molecule has 1 fully saturated rings. The van der Waals surface area contributed by atoms with E-state index in [1.807, 2.05) is 5.38 Å². The second kappa shape index (κ2) is 6.42. The third-order valence-corrected chi connectivity index (χ3v) is 4.43. The van der Waals surface area contributed by atoms with Gasteiger partial charge in [0.1, 0.15) is 0 Å². The predicted molar refractivity (Wildman–Crippen MR) is 73.6 cm³/mol. The van der Waals surface area contributed by atoms with E-state index >= 15 is 0 Å². The Hall–Kier alpha value is -1.02. The Morgan fingerprint density at radius 1 is 1.74 bits per heavy atom. The first kappa shape index (κ1) is 14.4. The summed E-state index contributed by atoms with van der Waals surface area (Å²) < 4.78 is 5.49. The van der Waals surface area contributed by atoms with Crippen molar-refractivity contribution in [3.05, 3.63) is 16.1 Å². The summed E-state index contributed by atoms with van der Waals surface area (Å²) in [6.45, 7) is 4.92. The average Bonchev–Trinajstić information content (AvgIpc) is 2.88. The third kappa shape index (κ3) is 3.50. The predicted octanol–water partition coefficient (Wildman–Crippen LogP) is 0.603. The molecule has 106 valence electrons. The first-order valence-corrected chi connectivity index (χ1v) is 7.22. The molecule has 1 aliphatic heterocycles. The number of nitrogens with one attached hydrogen (secondary N) is 1. The number of carbonyl (C=O) groups excluding carboxylic acids is 1. The van der Waals surface area contributed by atoms with Crippen LogP contribution in [0.25, 0.3) is 0 Å². The zero-order valence-electron chi connectivity index (χ0n) is 11.3. The number of thiazole rings is 1. The molecule has 1 saturated heterocycles. The van der Waals surface area contributed by atoms with Gasteiger partial charge in [-0.05, 0) is 18.9 Å². The van der Waals surface area contributed by atoms with Crippen LogP contribution in [0.4, 0.5) is 0 Å². The first-order valence-electron chi connectivity index (χ1n) is 6.34. The standard InChI is InChI=1S/C12H20N4O2S/c1-8-3-4-16(6-10(8)18-2)5-9-7-19-12(14-9)11(17)15-13/h7-8,10H,3-6,13H2,1-2H3,(H,15,17).